The third kappa shape index (κ3) is 6.81. The monoisotopic (exact) mass is 761 g/mol. The number of amides is 1. The molecule has 1 aromatic rings. The van der Waals surface area contributed by atoms with E-state index >= 15 is 0 Å². The van der Waals surface area contributed by atoms with Crippen LogP contribution in [0.1, 0.15) is 132 Å². The molecule has 304 valence electrons. The van der Waals surface area contributed by atoms with E-state index in [0.717, 1.165) is 62.5 Å². The summed E-state index contributed by atoms with van der Waals surface area (Å²) in [4.78, 5) is 53.3. The fraction of sp³-hybridized carbons (Fsp3) is 0.739. The number of fused-ring (bicyclic) bond motifs is 7. The molecule has 9 heteroatoms. The van der Waals surface area contributed by atoms with Gasteiger partial charge in [-0.05, 0) is 116 Å². The second kappa shape index (κ2) is 14.4. The number of hydrogen-bond donors (Lipinski definition) is 3. The zero-order chi connectivity index (χ0) is 40.5. The molecule has 6 rings (SSSR count). The smallest absolute Gasteiger partial charge is 0.309 e. The highest BCUT2D eigenvalue weighted by Crippen LogP contribution is 2.77. The third-order valence-corrected chi connectivity index (χ3v) is 16.6. The number of rotatable bonds is 12. The molecule has 1 aromatic carbocycles. The molecule has 5 aliphatic carbocycles. The van der Waals surface area contributed by atoms with Crippen molar-refractivity contribution in [1.82, 2.24) is 4.90 Å². The zero-order valence-corrected chi connectivity index (χ0v) is 35.0. The molecule has 4 saturated carbocycles. The first kappa shape index (κ1) is 41.6. The molecule has 0 unspecified atom stereocenters. The number of aliphatic hydroxyl groups is 1. The van der Waals surface area contributed by atoms with E-state index in [9.17, 15) is 29.4 Å². The molecule has 4 N–H and O–H groups in total. The predicted molar refractivity (Wildman–Crippen MR) is 212 cm³/mol. The number of nitrogens with two attached hydrogens (primary N) is 1. The van der Waals surface area contributed by atoms with Crippen molar-refractivity contribution in [3.8, 4) is 0 Å². The Morgan fingerprint density at radius 3 is 2.22 bits per heavy atom. The summed E-state index contributed by atoms with van der Waals surface area (Å²) in [5.41, 5.74) is 6.72. The Labute approximate surface area is 329 Å². The van der Waals surface area contributed by atoms with Gasteiger partial charge >= 0.3 is 11.9 Å². The van der Waals surface area contributed by atoms with Crippen LogP contribution in [0.15, 0.2) is 41.5 Å². The topological polar surface area (TPSA) is 147 Å². The van der Waals surface area contributed by atoms with E-state index in [1.54, 1.807) is 13.8 Å². The van der Waals surface area contributed by atoms with E-state index in [2.05, 4.69) is 48.5 Å². The fourth-order valence-corrected chi connectivity index (χ4v) is 13.6. The van der Waals surface area contributed by atoms with E-state index < -0.39 is 34.8 Å². The molecule has 0 heterocycles. The molecule has 0 aliphatic heterocycles. The van der Waals surface area contributed by atoms with Crippen molar-refractivity contribution < 1.29 is 34.1 Å². The van der Waals surface area contributed by atoms with Gasteiger partial charge in [-0.1, -0.05) is 84.4 Å². The molecule has 5 aliphatic rings. The van der Waals surface area contributed by atoms with Gasteiger partial charge in [-0.3, -0.25) is 24.1 Å². The second-order valence-electron chi connectivity index (χ2n) is 20.7. The van der Waals surface area contributed by atoms with Crippen molar-refractivity contribution >= 4 is 23.6 Å². The first-order valence-corrected chi connectivity index (χ1v) is 21.0. The number of allylic oxidation sites excluding steroid dienone is 1. The number of aliphatic hydroxyl groups excluding tert-OH is 1. The molecular weight excluding hydrogens is 693 g/mol. The first-order chi connectivity index (χ1) is 25.5. The first-order valence-electron chi connectivity index (χ1n) is 21.0. The SMILES string of the molecule is CC(C)C1=C2[C@H]3CC[C@@H]4[C@@]5(C)CC[C@H](OC(=O)CC(C)(C)C(=O)O)C(C)(C)[C@@H]5CC[C@@]4(C)[C@]3(C)CC[C@@]2([C@@H](O)CN(CC(N)=O)Cc2ccccc2)CC1=O. The average molecular weight is 761 g/mol. The van der Waals surface area contributed by atoms with Gasteiger partial charge in [0, 0.05) is 30.3 Å². The lowest BCUT2D eigenvalue weighted by Crippen LogP contribution is -2.66. The van der Waals surface area contributed by atoms with Crippen LogP contribution in [-0.2, 0) is 30.5 Å². The molecular formula is C46H68N2O7. The van der Waals surface area contributed by atoms with E-state index in [0.29, 0.717) is 24.8 Å². The maximum atomic E-state index is 14.2. The predicted octanol–water partition coefficient (Wildman–Crippen LogP) is 7.73. The quantitative estimate of drug-likeness (QED) is 0.184. The normalized spacial score (nSPS) is 36.1. The van der Waals surface area contributed by atoms with Crippen molar-refractivity contribution in [2.24, 2.45) is 61.9 Å². The molecule has 0 saturated heterocycles. The van der Waals surface area contributed by atoms with Gasteiger partial charge in [0.05, 0.1) is 24.5 Å². The number of aliphatic carboxylic acids is 1. The number of primary amides is 1. The Kier molecular flexibility index (Phi) is 10.9. The van der Waals surface area contributed by atoms with Gasteiger partial charge in [0.15, 0.2) is 5.78 Å². The molecule has 0 spiro atoms. The number of Topliss-reactive ketones (excluding diaryl/α,β-unsaturated/α-hetero) is 1. The van der Waals surface area contributed by atoms with Gasteiger partial charge in [-0.2, -0.15) is 0 Å². The van der Waals surface area contributed by atoms with Crippen LogP contribution >= 0.6 is 0 Å². The van der Waals surface area contributed by atoms with Crippen molar-refractivity contribution in [3.05, 3.63) is 47.0 Å². The number of benzene rings is 1. The Bertz CT molecular complexity index is 1720. The number of carbonyl (C=O) groups is 4. The van der Waals surface area contributed by atoms with Crippen LogP contribution in [-0.4, -0.2) is 64.0 Å². The lowest BCUT2D eigenvalue weighted by Gasteiger charge is -2.72. The lowest BCUT2D eigenvalue weighted by molar-refractivity contribution is -0.235. The molecule has 0 bridgehead atoms. The summed E-state index contributed by atoms with van der Waals surface area (Å²) in [5, 5.41) is 22.1. The highest BCUT2D eigenvalue weighted by molar-refractivity contribution is 6.00. The summed E-state index contributed by atoms with van der Waals surface area (Å²) < 4.78 is 6.17. The molecule has 9 atom stereocenters. The van der Waals surface area contributed by atoms with Gasteiger partial charge < -0.3 is 20.7 Å². The number of carboxylic acids is 1. The average Bonchev–Trinajstić information content (AvgIpc) is 3.39. The molecule has 4 fully saturated rings. The van der Waals surface area contributed by atoms with Crippen molar-refractivity contribution in [2.75, 3.05) is 13.1 Å². The highest BCUT2D eigenvalue weighted by atomic mass is 16.5. The van der Waals surface area contributed by atoms with Gasteiger partial charge in [-0.15, -0.1) is 0 Å². The number of ketones is 1. The number of hydrogen-bond acceptors (Lipinski definition) is 7. The second-order valence-corrected chi connectivity index (χ2v) is 20.7. The summed E-state index contributed by atoms with van der Waals surface area (Å²) in [6.07, 6.45) is 6.47. The lowest BCUT2D eigenvalue weighted by atomic mass is 9.33. The maximum absolute atomic E-state index is 14.2. The van der Waals surface area contributed by atoms with Crippen molar-refractivity contribution in [3.63, 3.8) is 0 Å². The van der Waals surface area contributed by atoms with Crippen LogP contribution in [0, 0.1) is 56.2 Å². The minimum atomic E-state index is -1.18. The number of ether oxygens (including phenoxy) is 1. The summed E-state index contributed by atoms with van der Waals surface area (Å²) >= 11 is 0. The number of carbonyl (C=O) groups excluding carboxylic acids is 3. The molecule has 0 radical (unpaired) electrons. The number of carboxylic acid groups (broad SMARTS) is 1. The largest absolute Gasteiger partial charge is 0.481 e. The Morgan fingerprint density at radius 2 is 1.60 bits per heavy atom. The molecule has 1 amide bonds. The van der Waals surface area contributed by atoms with E-state index in [-0.39, 0.29) is 64.9 Å². The van der Waals surface area contributed by atoms with Gasteiger partial charge in [0.25, 0.3) is 0 Å². The van der Waals surface area contributed by atoms with E-state index in [1.165, 1.54) is 5.57 Å². The Balaban J connectivity index is 1.29. The van der Waals surface area contributed by atoms with E-state index in [4.69, 9.17) is 10.5 Å². The van der Waals surface area contributed by atoms with Crippen LogP contribution in [0.4, 0.5) is 0 Å². The summed E-state index contributed by atoms with van der Waals surface area (Å²) in [7, 11) is 0. The van der Waals surface area contributed by atoms with Gasteiger partial charge in [-0.25, -0.2) is 0 Å². The third-order valence-electron chi connectivity index (χ3n) is 16.6. The fourth-order valence-electron chi connectivity index (χ4n) is 13.6. The van der Waals surface area contributed by atoms with Gasteiger partial charge in [0.2, 0.25) is 5.91 Å². The van der Waals surface area contributed by atoms with Gasteiger partial charge in [0.1, 0.15) is 6.10 Å². The van der Waals surface area contributed by atoms with Crippen LogP contribution in [0.5, 0.6) is 0 Å². The molecule has 55 heavy (non-hydrogen) atoms. The summed E-state index contributed by atoms with van der Waals surface area (Å²) in [5.74, 6) is -0.720. The van der Waals surface area contributed by atoms with Crippen molar-refractivity contribution in [1.29, 1.82) is 0 Å². The minimum Gasteiger partial charge on any atom is -0.481 e. The zero-order valence-electron chi connectivity index (χ0n) is 35.0. The number of esters is 1. The molecule has 9 nitrogen and oxygen atoms in total. The Hall–Kier alpha value is -3.04. The number of nitrogens with zero attached hydrogens (tertiary/aromatic N) is 1. The standard InChI is InChI=1S/C46H68N2O7/c1-28(2)38-31(49)23-46(34(50)26-48(27-36(47)51)25-29-13-11-10-12-14-29)22-21-44(8)30(39(38)46)15-16-33-43(7)19-18-35(55-37(52)24-41(3,4)40(53)54)42(5,6)32(43)17-20-45(33,44)9/h10-14,28,30,32-35,50H,15-27H2,1-9H3,(H2,47,51)(H,53,54)/t30-,32+,33-,34+,35+,43+,44-,45-,46+/m1/s1. The van der Waals surface area contributed by atoms with Crippen LogP contribution in [0.3, 0.4) is 0 Å². The van der Waals surface area contributed by atoms with Crippen LogP contribution < -0.4 is 5.73 Å². The minimum absolute atomic E-state index is 0.00454. The van der Waals surface area contributed by atoms with Crippen LogP contribution in [0.2, 0.25) is 0 Å². The van der Waals surface area contributed by atoms with E-state index in [1.807, 2.05) is 35.2 Å². The summed E-state index contributed by atoms with van der Waals surface area (Å²) in [6, 6.07) is 9.94. The van der Waals surface area contributed by atoms with Crippen LogP contribution in [0.25, 0.3) is 0 Å². The Morgan fingerprint density at radius 1 is 0.927 bits per heavy atom. The van der Waals surface area contributed by atoms with Crippen molar-refractivity contribution in [2.45, 2.75) is 145 Å². The maximum Gasteiger partial charge on any atom is 0.309 e. The summed E-state index contributed by atoms with van der Waals surface area (Å²) in [6.45, 7) is 20.2. The highest BCUT2D eigenvalue weighted by Gasteiger charge is 2.71. The molecule has 0 aromatic heterocycles.